The highest BCUT2D eigenvalue weighted by Gasteiger charge is 2.27. The number of amides is 1. The van der Waals surface area contributed by atoms with E-state index in [0.29, 0.717) is 9.21 Å². The van der Waals surface area contributed by atoms with Crippen molar-refractivity contribution in [2.75, 3.05) is 6.54 Å². The van der Waals surface area contributed by atoms with Gasteiger partial charge in [-0.25, -0.2) is 0 Å². The predicted molar refractivity (Wildman–Crippen MR) is 76.6 cm³/mol. The van der Waals surface area contributed by atoms with Crippen molar-refractivity contribution in [3.8, 4) is 0 Å². The summed E-state index contributed by atoms with van der Waals surface area (Å²) in [6.07, 6.45) is -0.939. The molecule has 112 valence electrons. The number of halogens is 1. The molecule has 0 aliphatic rings. The molecule has 0 saturated carbocycles. The summed E-state index contributed by atoms with van der Waals surface area (Å²) in [6.45, 7) is 1.35. The van der Waals surface area contributed by atoms with E-state index < -0.39 is 16.9 Å². The molecule has 0 aliphatic heterocycles. The van der Waals surface area contributed by atoms with Gasteiger partial charge in [-0.2, -0.15) is 5.10 Å². The number of thiophene rings is 1. The van der Waals surface area contributed by atoms with Crippen molar-refractivity contribution < 1.29 is 14.8 Å². The maximum atomic E-state index is 11.9. The standard InChI is InChI=1S/C11H11ClN4O4S/c1-5-10(16(19)20)9(15-14-5)11(18)13-4-6(17)7-2-3-8(12)21-7/h2-3,6,17H,4H2,1H3,(H,13,18)(H,14,15)/t6-/m0/s1. The van der Waals surface area contributed by atoms with Gasteiger partial charge in [0.1, 0.15) is 11.8 Å². The number of nitro groups is 1. The van der Waals surface area contributed by atoms with Crippen LogP contribution in [0.15, 0.2) is 12.1 Å². The summed E-state index contributed by atoms with van der Waals surface area (Å²) < 4.78 is 0.522. The van der Waals surface area contributed by atoms with Gasteiger partial charge < -0.3 is 10.4 Å². The average molecular weight is 331 g/mol. The third-order valence-electron chi connectivity index (χ3n) is 2.69. The maximum absolute atomic E-state index is 11.9. The molecule has 0 radical (unpaired) electrons. The second-order valence-corrected chi connectivity index (χ2v) is 5.92. The zero-order valence-corrected chi connectivity index (χ0v) is 12.4. The van der Waals surface area contributed by atoms with Crippen LogP contribution in [0.25, 0.3) is 0 Å². The van der Waals surface area contributed by atoms with Crippen LogP contribution in [0.1, 0.15) is 27.2 Å². The lowest BCUT2D eigenvalue weighted by Crippen LogP contribution is -2.28. The molecule has 0 aliphatic carbocycles. The van der Waals surface area contributed by atoms with Gasteiger partial charge in [0.2, 0.25) is 5.69 Å². The van der Waals surface area contributed by atoms with Crippen molar-refractivity contribution in [1.29, 1.82) is 0 Å². The molecule has 1 amide bonds. The van der Waals surface area contributed by atoms with Crippen LogP contribution >= 0.6 is 22.9 Å². The van der Waals surface area contributed by atoms with E-state index in [4.69, 9.17) is 11.6 Å². The minimum absolute atomic E-state index is 0.0985. The molecule has 2 heterocycles. The SMILES string of the molecule is Cc1[nH]nc(C(=O)NC[C@H](O)c2ccc(Cl)s2)c1[N+](=O)[O-]. The van der Waals surface area contributed by atoms with Crippen molar-refractivity contribution in [2.24, 2.45) is 0 Å². The highest BCUT2D eigenvalue weighted by atomic mass is 35.5. The first-order chi connectivity index (χ1) is 9.90. The summed E-state index contributed by atoms with van der Waals surface area (Å²) in [5.41, 5.74) is -0.495. The molecule has 2 aromatic heterocycles. The monoisotopic (exact) mass is 330 g/mol. The third kappa shape index (κ3) is 3.38. The first-order valence-corrected chi connectivity index (χ1v) is 7.00. The van der Waals surface area contributed by atoms with Crippen LogP contribution in [-0.2, 0) is 0 Å². The van der Waals surface area contributed by atoms with Crippen LogP contribution in [0.5, 0.6) is 0 Å². The van der Waals surface area contributed by atoms with Crippen molar-refractivity contribution in [3.05, 3.63) is 42.8 Å². The Kier molecular flexibility index (Phi) is 4.56. The van der Waals surface area contributed by atoms with E-state index in [2.05, 4.69) is 15.5 Å². The third-order valence-corrected chi connectivity index (χ3v) is 4.02. The minimum atomic E-state index is -0.939. The molecular weight excluding hydrogens is 320 g/mol. The molecule has 2 rings (SSSR count). The number of nitrogens with one attached hydrogen (secondary N) is 2. The highest BCUT2D eigenvalue weighted by Crippen LogP contribution is 2.26. The largest absolute Gasteiger partial charge is 0.386 e. The average Bonchev–Trinajstić information content (AvgIpc) is 3.01. The van der Waals surface area contributed by atoms with Crippen LogP contribution < -0.4 is 5.32 Å². The second-order valence-electron chi connectivity index (χ2n) is 4.17. The quantitative estimate of drug-likeness (QED) is 0.570. The minimum Gasteiger partial charge on any atom is -0.386 e. The molecule has 1 atom stereocenters. The molecule has 0 saturated heterocycles. The first kappa shape index (κ1) is 15.4. The molecule has 0 bridgehead atoms. The molecule has 0 fully saturated rings. The summed E-state index contributed by atoms with van der Waals surface area (Å²) >= 11 is 6.94. The number of carbonyl (C=O) groups is 1. The number of aliphatic hydroxyl groups is 1. The fourth-order valence-electron chi connectivity index (χ4n) is 1.69. The van der Waals surface area contributed by atoms with Gasteiger partial charge >= 0.3 is 5.69 Å². The van der Waals surface area contributed by atoms with E-state index in [0.717, 1.165) is 0 Å². The summed E-state index contributed by atoms with van der Waals surface area (Å²) in [4.78, 5) is 22.7. The molecule has 0 spiro atoms. The Balaban J connectivity index is 2.04. The second kappa shape index (κ2) is 6.20. The van der Waals surface area contributed by atoms with Crippen LogP contribution in [0.3, 0.4) is 0 Å². The van der Waals surface area contributed by atoms with E-state index in [1.165, 1.54) is 18.3 Å². The van der Waals surface area contributed by atoms with Gasteiger partial charge in [0, 0.05) is 11.4 Å². The predicted octanol–water partition coefficient (Wildman–Crippen LogP) is 1.80. The molecular formula is C11H11ClN4O4S. The van der Waals surface area contributed by atoms with Gasteiger partial charge in [-0.1, -0.05) is 11.6 Å². The van der Waals surface area contributed by atoms with Crippen molar-refractivity contribution in [1.82, 2.24) is 15.5 Å². The molecule has 10 heteroatoms. The number of rotatable bonds is 5. The number of aryl methyl sites for hydroxylation is 1. The van der Waals surface area contributed by atoms with Crippen molar-refractivity contribution in [2.45, 2.75) is 13.0 Å². The maximum Gasteiger partial charge on any atom is 0.322 e. The number of H-pyrrole nitrogens is 1. The van der Waals surface area contributed by atoms with Gasteiger partial charge in [0.15, 0.2) is 0 Å². The molecule has 0 unspecified atom stereocenters. The Labute approximate surface area is 127 Å². The number of aromatic nitrogens is 2. The van der Waals surface area contributed by atoms with E-state index in [1.54, 1.807) is 12.1 Å². The molecule has 2 aromatic rings. The Hall–Kier alpha value is -1.97. The lowest BCUT2D eigenvalue weighted by Gasteiger charge is -2.08. The van der Waals surface area contributed by atoms with Crippen LogP contribution in [0, 0.1) is 17.0 Å². The number of carbonyl (C=O) groups excluding carboxylic acids is 1. The zero-order valence-electron chi connectivity index (χ0n) is 10.8. The van der Waals surface area contributed by atoms with Gasteiger partial charge in [-0.3, -0.25) is 20.0 Å². The lowest BCUT2D eigenvalue weighted by molar-refractivity contribution is -0.385. The summed E-state index contributed by atoms with van der Waals surface area (Å²) in [7, 11) is 0. The Bertz CT molecular complexity index is 684. The highest BCUT2D eigenvalue weighted by molar-refractivity contribution is 7.16. The number of hydrogen-bond donors (Lipinski definition) is 3. The number of aliphatic hydroxyl groups excluding tert-OH is 1. The van der Waals surface area contributed by atoms with Crippen LogP contribution in [0.4, 0.5) is 5.69 Å². The number of aromatic amines is 1. The fraction of sp³-hybridized carbons (Fsp3) is 0.273. The van der Waals surface area contributed by atoms with Crippen LogP contribution in [0.2, 0.25) is 4.34 Å². The first-order valence-electron chi connectivity index (χ1n) is 5.81. The summed E-state index contributed by atoms with van der Waals surface area (Å²) in [6, 6.07) is 3.28. The van der Waals surface area contributed by atoms with Crippen LogP contribution in [-0.4, -0.2) is 32.7 Å². The fourth-order valence-corrected chi connectivity index (χ4v) is 2.73. The normalized spacial score (nSPS) is 12.1. The number of hydrogen-bond acceptors (Lipinski definition) is 6. The van der Waals surface area contributed by atoms with Gasteiger partial charge in [-0.05, 0) is 19.1 Å². The topological polar surface area (TPSA) is 121 Å². The van der Waals surface area contributed by atoms with Gasteiger partial charge in [0.25, 0.3) is 5.91 Å². The zero-order chi connectivity index (χ0) is 15.6. The summed E-state index contributed by atoms with van der Waals surface area (Å²) in [5.74, 6) is -0.729. The summed E-state index contributed by atoms with van der Waals surface area (Å²) in [5, 5.41) is 29.2. The number of nitrogens with zero attached hydrogens (tertiary/aromatic N) is 2. The molecule has 21 heavy (non-hydrogen) atoms. The van der Waals surface area contributed by atoms with Crippen molar-refractivity contribution >= 4 is 34.5 Å². The molecule has 8 nitrogen and oxygen atoms in total. The van der Waals surface area contributed by atoms with Crippen molar-refractivity contribution in [3.63, 3.8) is 0 Å². The van der Waals surface area contributed by atoms with Gasteiger partial charge in [-0.15, -0.1) is 11.3 Å². The Morgan fingerprint density at radius 2 is 2.38 bits per heavy atom. The smallest absolute Gasteiger partial charge is 0.322 e. The van der Waals surface area contributed by atoms with E-state index in [9.17, 15) is 20.0 Å². The van der Waals surface area contributed by atoms with E-state index in [-0.39, 0.29) is 23.6 Å². The lowest BCUT2D eigenvalue weighted by atomic mass is 10.2. The van der Waals surface area contributed by atoms with Gasteiger partial charge in [0.05, 0.1) is 9.26 Å². The molecule has 0 aromatic carbocycles. The van der Waals surface area contributed by atoms with E-state index >= 15 is 0 Å². The van der Waals surface area contributed by atoms with E-state index in [1.807, 2.05) is 0 Å². The molecule has 3 N–H and O–H groups in total. The Morgan fingerprint density at radius 3 is 2.95 bits per heavy atom. The Morgan fingerprint density at radius 1 is 1.67 bits per heavy atom.